The van der Waals surface area contributed by atoms with Crippen LogP contribution in [0.5, 0.6) is 0 Å². The highest BCUT2D eigenvalue weighted by atomic mass is 32.2. The van der Waals surface area contributed by atoms with Gasteiger partial charge >= 0.3 is 0 Å². The van der Waals surface area contributed by atoms with Crippen LogP contribution < -0.4 is 0 Å². The summed E-state index contributed by atoms with van der Waals surface area (Å²) in [5.74, 6) is 0. The van der Waals surface area contributed by atoms with E-state index >= 15 is 0 Å². The molecule has 1 aromatic carbocycles. The van der Waals surface area contributed by atoms with Crippen LogP contribution >= 0.6 is 0 Å². The summed E-state index contributed by atoms with van der Waals surface area (Å²) >= 11 is 0. The first-order valence-electron chi connectivity index (χ1n) is 7.07. The van der Waals surface area contributed by atoms with Gasteiger partial charge < -0.3 is 0 Å². The lowest BCUT2D eigenvalue weighted by atomic mass is 10.1. The maximum Gasteiger partial charge on any atom is 0.243 e. The Hall–Kier alpha value is -1.42. The van der Waals surface area contributed by atoms with Crippen molar-refractivity contribution in [2.45, 2.75) is 31.7 Å². The summed E-state index contributed by atoms with van der Waals surface area (Å²) in [6.45, 7) is 7.78. The number of piperazine rings is 1. The van der Waals surface area contributed by atoms with E-state index in [0.29, 0.717) is 31.1 Å². The molecule has 1 saturated heterocycles. The van der Waals surface area contributed by atoms with E-state index in [1.54, 1.807) is 12.1 Å². The van der Waals surface area contributed by atoms with E-state index in [4.69, 9.17) is 5.26 Å². The van der Waals surface area contributed by atoms with E-state index in [2.05, 4.69) is 6.07 Å². The maximum atomic E-state index is 12.6. The van der Waals surface area contributed by atoms with Crippen molar-refractivity contribution in [3.8, 4) is 6.07 Å². The zero-order valence-corrected chi connectivity index (χ0v) is 13.5. The van der Waals surface area contributed by atoms with Crippen molar-refractivity contribution in [2.75, 3.05) is 26.2 Å². The smallest absolute Gasteiger partial charge is 0.243 e. The summed E-state index contributed by atoms with van der Waals surface area (Å²) in [6, 6.07) is 7.26. The first-order chi connectivity index (χ1) is 9.86. The molecule has 1 aliphatic rings. The lowest BCUT2D eigenvalue weighted by molar-refractivity contribution is 0.169. The molecule has 0 bridgehead atoms. The minimum Gasteiger partial charge on any atom is -0.286 e. The number of benzene rings is 1. The first kappa shape index (κ1) is 16.0. The molecule has 1 fully saturated rings. The quantitative estimate of drug-likeness (QED) is 0.849. The number of sulfonamides is 1. The van der Waals surface area contributed by atoms with Crippen LogP contribution in [0.4, 0.5) is 0 Å². The van der Waals surface area contributed by atoms with Gasteiger partial charge in [-0.25, -0.2) is 8.42 Å². The molecule has 1 unspecified atom stereocenters. The van der Waals surface area contributed by atoms with Gasteiger partial charge in [-0.1, -0.05) is 6.07 Å². The Morgan fingerprint density at radius 2 is 1.76 bits per heavy atom. The SMILES string of the molecule is Cc1ccc(S(=O)(=O)N2CCN(C(C)C#N)CC2)cc1C. The van der Waals surface area contributed by atoms with Crippen LogP contribution in [0.1, 0.15) is 18.1 Å². The van der Waals surface area contributed by atoms with E-state index in [9.17, 15) is 8.42 Å². The highest BCUT2D eigenvalue weighted by molar-refractivity contribution is 7.89. The second-order valence-electron chi connectivity index (χ2n) is 5.49. The van der Waals surface area contributed by atoms with Crippen LogP contribution in [0.15, 0.2) is 23.1 Å². The summed E-state index contributed by atoms with van der Waals surface area (Å²) in [5.41, 5.74) is 2.06. The maximum absolute atomic E-state index is 12.6. The van der Waals surface area contributed by atoms with Gasteiger partial charge in [0, 0.05) is 26.2 Å². The zero-order chi connectivity index (χ0) is 15.6. The molecular formula is C15H21N3O2S. The Balaban J connectivity index is 2.15. The van der Waals surface area contributed by atoms with Gasteiger partial charge in [0.25, 0.3) is 0 Å². The van der Waals surface area contributed by atoms with Gasteiger partial charge in [0.1, 0.15) is 0 Å². The number of rotatable bonds is 3. The molecule has 1 atom stereocenters. The van der Waals surface area contributed by atoms with E-state index in [1.807, 2.05) is 31.7 Å². The number of nitriles is 1. The molecule has 6 heteroatoms. The van der Waals surface area contributed by atoms with Crippen molar-refractivity contribution in [3.63, 3.8) is 0 Å². The highest BCUT2D eigenvalue weighted by Crippen LogP contribution is 2.20. The molecule has 0 aromatic heterocycles. The predicted octanol–water partition coefficient (Wildman–Crippen LogP) is 1.52. The van der Waals surface area contributed by atoms with Gasteiger partial charge in [0.2, 0.25) is 10.0 Å². The third-order valence-corrected chi connectivity index (χ3v) is 6.02. The van der Waals surface area contributed by atoms with Crippen LogP contribution in [0.25, 0.3) is 0 Å². The summed E-state index contributed by atoms with van der Waals surface area (Å²) < 4.78 is 26.8. The predicted molar refractivity (Wildman–Crippen MR) is 81.3 cm³/mol. The van der Waals surface area contributed by atoms with Gasteiger partial charge in [-0.2, -0.15) is 9.57 Å². The lowest BCUT2D eigenvalue weighted by Crippen LogP contribution is -2.50. The third-order valence-electron chi connectivity index (χ3n) is 4.12. The van der Waals surface area contributed by atoms with E-state index in [-0.39, 0.29) is 6.04 Å². The van der Waals surface area contributed by atoms with Gasteiger partial charge in [0.15, 0.2) is 0 Å². The molecule has 0 saturated carbocycles. The minimum atomic E-state index is -3.43. The largest absolute Gasteiger partial charge is 0.286 e. The molecule has 114 valence electrons. The fourth-order valence-electron chi connectivity index (χ4n) is 2.44. The molecule has 0 spiro atoms. The van der Waals surface area contributed by atoms with Crippen LogP contribution in [0.2, 0.25) is 0 Å². The fraction of sp³-hybridized carbons (Fsp3) is 0.533. The molecule has 1 aliphatic heterocycles. The van der Waals surface area contributed by atoms with Crippen molar-refractivity contribution in [2.24, 2.45) is 0 Å². The average molecular weight is 307 g/mol. The van der Waals surface area contributed by atoms with Crippen molar-refractivity contribution < 1.29 is 8.42 Å². The Kier molecular flexibility index (Phi) is 4.67. The molecular weight excluding hydrogens is 286 g/mol. The van der Waals surface area contributed by atoms with Gasteiger partial charge in [0.05, 0.1) is 17.0 Å². The van der Waals surface area contributed by atoms with E-state index in [1.165, 1.54) is 4.31 Å². The monoisotopic (exact) mass is 307 g/mol. The summed E-state index contributed by atoms with van der Waals surface area (Å²) in [6.07, 6.45) is 0. The van der Waals surface area contributed by atoms with Gasteiger partial charge in [-0.15, -0.1) is 0 Å². The minimum absolute atomic E-state index is 0.170. The molecule has 1 heterocycles. The van der Waals surface area contributed by atoms with Crippen molar-refractivity contribution in [1.29, 1.82) is 5.26 Å². The molecule has 5 nitrogen and oxygen atoms in total. The Morgan fingerprint density at radius 3 is 2.29 bits per heavy atom. The van der Waals surface area contributed by atoms with Crippen LogP contribution in [-0.2, 0) is 10.0 Å². The van der Waals surface area contributed by atoms with Crippen molar-refractivity contribution >= 4 is 10.0 Å². The summed E-state index contributed by atoms with van der Waals surface area (Å²) in [5, 5.41) is 8.92. The number of aryl methyl sites for hydroxylation is 2. The van der Waals surface area contributed by atoms with Gasteiger partial charge in [-0.3, -0.25) is 4.90 Å². The molecule has 0 radical (unpaired) electrons. The Morgan fingerprint density at radius 1 is 1.14 bits per heavy atom. The van der Waals surface area contributed by atoms with E-state index < -0.39 is 10.0 Å². The van der Waals surface area contributed by atoms with Crippen molar-refractivity contribution in [3.05, 3.63) is 29.3 Å². The van der Waals surface area contributed by atoms with Gasteiger partial charge in [-0.05, 0) is 44.0 Å². The molecule has 0 amide bonds. The second-order valence-corrected chi connectivity index (χ2v) is 7.43. The topological polar surface area (TPSA) is 64.4 Å². The third kappa shape index (κ3) is 3.26. The van der Waals surface area contributed by atoms with Crippen LogP contribution in [0, 0.1) is 25.2 Å². The molecule has 21 heavy (non-hydrogen) atoms. The normalized spacial score (nSPS) is 19.1. The zero-order valence-electron chi connectivity index (χ0n) is 12.7. The van der Waals surface area contributed by atoms with Crippen LogP contribution in [-0.4, -0.2) is 49.8 Å². The average Bonchev–Trinajstić information content (AvgIpc) is 2.49. The summed E-state index contributed by atoms with van der Waals surface area (Å²) in [4.78, 5) is 2.36. The fourth-order valence-corrected chi connectivity index (χ4v) is 3.94. The first-order valence-corrected chi connectivity index (χ1v) is 8.51. The molecule has 0 aliphatic carbocycles. The standard InChI is InChI=1S/C15H21N3O2S/c1-12-4-5-15(10-13(12)2)21(19,20)18-8-6-17(7-9-18)14(3)11-16/h4-5,10,14H,6-9H2,1-3H3. The molecule has 0 N–H and O–H groups in total. The number of nitrogens with zero attached hydrogens (tertiary/aromatic N) is 3. The number of hydrogen-bond acceptors (Lipinski definition) is 4. The summed E-state index contributed by atoms with van der Waals surface area (Å²) in [7, 11) is -3.43. The highest BCUT2D eigenvalue weighted by Gasteiger charge is 2.30. The molecule has 2 rings (SSSR count). The van der Waals surface area contributed by atoms with Crippen LogP contribution in [0.3, 0.4) is 0 Å². The second kappa shape index (κ2) is 6.14. The van der Waals surface area contributed by atoms with Crippen molar-refractivity contribution in [1.82, 2.24) is 9.21 Å². The van der Waals surface area contributed by atoms with E-state index in [0.717, 1.165) is 11.1 Å². The Labute approximate surface area is 126 Å². The lowest BCUT2D eigenvalue weighted by Gasteiger charge is -2.35. The Bertz CT molecular complexity index is 656. The molecule has 1 aromatic rings. The number of hydrogen-bond donors (Lipinski definition) is 0.